The summed E-state index contributed by atoms with van der Waals surface area (Å²) < 4.78 is 0. The second-order valence-corrected chi connectivity index (χ2v) is 6.75. The molecule has 0 radical (unpaired) electrons. The van der Waals surface area contributed by atoms with E-state index in [2.05, 4.69) is 36.3 Å². The van der Waals surface area contributed by atoms with Crippen molar-refractivity contribution in [2.75, 3.05) is 26.2 Å². The van der Waals surface area contributed by atoms with E-state index >= 15 is 0 Å². The van der Waals surface area contributed by atoms with Crippen LogP contribution >= 0.6 is 0 Å². The molecule has 0 bridgehead atoms. The molecule has 1 fully saturated rings. The average molecular weight is 285 g/mol. The second-order valence-electron chi connectivity index (χ2n) is 6.75. The first-order valence-electron chi connectivity index (χ1n) is 7.75. The fourth-order valence-corrected chi connectivity index (χ4v) is 2.69. The molecule has 0 aromatic heterocycles. The summed E-state index contributed by atoms with van der Waals surface area (Å²) in [4.78, 5) is 14.3. The molecule has 1 aliphatic rings. The summed E-state index contributed by atoms with van der Waals surface area (Å²) in [6.07, 6.45) is 3.13. The normalized spacial score (nSPS) is 22.4. The Hall–Kier alpha value is -0.810. The van der Waals surface area contributed by atoms with Gasteiger partial charge in [0.2, 0.25) is 0 Å². The first-order valence-corrected chi connectivity index (χ1v) is 7.75. The third-order valence-electron chi connectivity index (χ3n) is 4.13. The van der Waals surface area contributed by atoms with Gasteiger partial charge in [0.25, 0.3) is 0 Å². The molecule has 5 heteroatoms. The molecular weight excluding hydrogens is 254 g/mol. The number of piperidine rings is 1. The minimum atomic E-state index is -0.149. The number of carbonyl (C=O) groups excluding carboxylic acids is 1. The molecular formula is C15H31N3O2. The Labute approximate surface area is 123 Å². The first kappa shape index (κ1) is 17.2. The fraction of sp³-hybridized carbons (Fsp3) is 0.933. The summed E-state index contributed by atoms with van der Waals surface area (Å²) in [5, 5.41) is 14.6. The van der Waals surface area contributed by atoms with E-state index in [0.29, 0.717) is 13.0 Å². The lowest BCUT2D eigenvalue weighted by Crippen LogP contribution is -2.56. The first-order chi connectivity index (χ1) is 9.35. The van der Waals surface area contributed by atoms with Crippen molar-refractivity contribution in [3.63, 3.8) is 0 Å². The number of aliphatic hydroxyl groups excluding tert-OH is 1. The summed E-state index contributed by atoms with van der Waals surface area (Å²) >= 11 is 0. The molecule has 0 spiro atoms. The zero-order valence-electron chi connectivity index (χ0n) is 13.4. The maximum Gasteiger partial charge on any atom is 0.315 e. The lowest BCUT2D eigenvalue weighted by Gasteiger charge is -2.43. The van der Waals surface area contributed by atoms with Gasteiger partial charge in [-0.15, -0.1) is 0 Å². The lowest BCUT2D eigenvalue weighted by atomic mass is 9.93. The zero-order valence-corrected chi connectivity index (χ0v) is 13.4. The maximum atomic E-state index is 11.8. The van der Waals surface area contributed by atoms with Gasteiger partial charge in [0.15, 0.2) is 0 Å². The van der Waals surface area contributed by atoms with Gasteiger partial charge in [0, 0.05) is 31.3 Å². The zero-order chi connectivity index (χ0) is 15.2. The number of hydrogen-bond acceptors (Lipinski definition) is 3. The molecule has 1 saturated heterocycles. The second kappa shape index (κ2) is 7.84. The van der Waals surface area contributed by atoms with Crippen LogP contribution in [0.25, 0.3) is 0 Å². The molecule has 0 aromatic carbocycles. The van der Waals surface area contributed by atoms with Crippen molar-refractivity contribution in [2.24, 2.45) is 5.92 Å². The summed E-state index contributed by atoms with van der Waals surface area (Å²) in [5.74, 6) is 0.737. The van der Waals surface area contributed by atoms with Gasteiger partial charge < -0.3 is 15.7 Å². The molecule has 2 amide bonds. The Bertz CT molecular complexity index is 307. The number of nitrogens with one attached hydrogen (secondary N) is 2. The molecule has 118 valence electrons. The van der Waals surface area contributed by atoms with Crippen molar-refractivity contribution >= 4 is 6.03 Å². The number of likely N-dealkylation sites (tertiary alicyclic amines) is 1. The smallest absolute Gasteiger partial charge is 0.315 e. The minimum Gasteiger partial charge on any atom is -0.396 e. The van der Waals surface area contributed by atoms with Crippen LogP contribution in [0, 0.1) is 5.92 Å². The van der Waals surface area contributed by atoms with E-state index in [9.17, 15) is 4.79 Å². The van der Waals surface area contributed by atoms with E-state index in [4.69, 9.17) is 5.11 Å². The highest BCUT2D eigenvalue weighted by molar-refractivity contribution is 5.74. The van der Waals surface area contributed by atoms with Crippen LogP contribution < -0.4 is 10.6 Å². The Morgan fingerprint density at radius 1 is 1.50 bits per heavy atom. The largest absolute Gasteiger partial charge is 0.396 e. The Balaban J connectivity index is 2.36. The van der Waals surface area contributed by atoms with E-state index < -0.39 is 0 Å². The van der Waals surface area contributed by atoms with Crippen LogP contribution in [0.2, 0.25) is 0 Å². The summed E-state index contributed by atoms with van der Waals surface area (Å²) in [6, 6.07) is -0.151. The van der Waals surface area contributed by atoms with E-state index in [1.807, 2.05) is 6.92 Å². The van der Waals surface area contributed by atoms with Crippen LogP contribution in [0.3, 0.4) is 0 Å². The molecule has 1 rings (SSSR count). The quantitative estimate of drug-likeness (QED) is 0.694. The number of hydrogen-bond donors (Lipinski definition) is 3. The van der Waals surface area contributed by atoms with Crippen LogP contribution in [0.4, 0.5) is 4.79 Å². The number of amides is 2. The highest BCUT2D eigenvalue weighted by Gasteiger charge is 2.30. The molecule has 1 unspecified atom stereocenters. The molecule has 0 aromatic rings. The maximum absolute atomic E-state index is 11.8. The summed E-state index contributed by atoms with van der Waals surface area (Å²) in [6.45, 7) is 11.5. The van der Waals surface area contributed by atoms with E-state index in [0.717, 1.165) is 19.0 Å². The number of carbonyl (C=O) groups is 1. The van der Waals surface area contributed by atoms with Crippen molar-refractivity contribution in [1.82, 2.24) is 15.5 Å². The molecule has 2 atom stereocenters. The van der Waals surface area contributed by atoms with Crippen molar-refractivity contribution in [3.8, 4) is 0 Å². The van der Waals surface area contributed by atoms with E-state index in [1.165, 1.54) is 12.8 Å². The number of nitrogens with zero attached hydrogens (tertiary/aromatic N) is 1. The van der Waals surface area contributed by atoms with Gasteiger partial charge in [0.1, 0.15) is 0 Å². The van der Waals surface area contributed by atoms with Gasteiger partial charge in [-0.25, -0.2) is 4.79 Å². The third-order valence-corrected chi connectivity index (χ3v) is 4.13. The molecule has 20 heavy (non-hydrogen) atoms. The van der Waals surface area contributed by atoms with Crippen LogP contribution in [0.1, 0.15) is 47.0 Å². The van der Waals surface area contributed by atoms with Crippen LogP contribution in [0.15, 0.2) is 0 Å². The molecule has 0 aliphatic carbocycles. The topological polar surface area (TPSA) is 64.6 Å². The summed E-state index contributed by atoms with van der Waals surface area (Å²) in [5.41, 5.74) is -0.0216. The number of urea groups is 1. The Kier molecular flexibility index (Phi) is 6.76. The van der Waals surface area contributed by atoms with Crippen molar-refractivity contribution in [1.29, 1.82) is 0 Å². The Morgan fingerprint density at radius 2 is 2.20 bits per heavy atom. The number of aliphatic hydroxyl groups is 1. The van der Waals surface area contributed by atoms with Gasteiger partial charge in [-0.3, -0.25) is 4.90 Å². The average Bonchev–Trinajstić information content (AvgIpc) is 2.37. The minimum absolute atomic E-state index is 0.00174. The third kappa shape index (κ3) is 5.67. The van der Waals surface area contributed by atoms with Crippen molar-refractivity contribution in [3.05, 3.63) is 0 Å². The van der Waals surface area contributed by atoms with E-state index in [-0.39, 0.29) is 24.2 Å². The Morgan fingerprint density at radius 3 is 2.80 bits per heavy atom. The van der Waals surface area contributed by atoms with Crippen LogP contribution in [-0.2, 0) is 0 Å². The van der Waals surface area contributed by atoms with Gasteiger partial charge in [-0.1, -0.05) is 6.92 Å². The summed E-state index contributed by atoms with van der Waals surface area (Å²) in [7, 11) is 0. The predicted molar refractivity (Wildman–Crippen MR) is 81.7 cm³/mol. The highest BCUT2D eigenvalue weighted by atomic mass is 16.3. The van der Waals surface area contributed by atoms with Crippen molar-refractivity contribution in [2.45, 2.75) is 58.5 Å². The van der Waals surface area contributed by atoms with E-state index in [1.54, 1.807) is 0 Å². The van der Waals surface area contributed by atoms with Crippen LogP contribution in [-0.4, -0.2) is 53.9 Å². The standard InChI is InChI=1S/C15H31N3O2/c1-12-6-5-8-18(10-12)15(3,4)11-16-14(20)17-13(2)7-9-19/h12-13,19H,5-11H2,1-4H3,(H2,16,17,20)/t12?,13-/m1/s1. The highest BCUT2D eigenvalue weighted by Crippen LogP contribution is 2.23. The molecule has 3 N–H and O–H groups in total. The number of rotatable bonds is 6. The molecule has 1 aliphatic heterocycles. The predicted octanol–water partition coefficient (Wildman–Crippen LogP) is 1.57. The molecule has 5 nitrogen and oxygen atoms in total. The van der Waals surface area contributed by atoms with Gasteiger partial charge in [-0.2, -0.15) is 0 Å². The lowest BCUT2D eigenvalue weighted by molar-refractivity contribution is 0.0723. The van der Waals surface area contributed by atoms with Crippen LogP contribution in [0.5, 0.6) is 0 Å². The van der Waals surface area contributed by atoms with Gasteiger partial charge in [-0.05, 0) is 52.5 Å². The molecule has 1 heterocycles. The fourth-order valence-electron chi connectivity index (χ4n) is 2.69. The van der Waals surface area contributed by atoms with Gasteiger partial charge in [0.05, 0.1) is 0 Å². The molecule has 0 saturated carbocycles. The SMILES string of the molecule is CC1CCCN(C(C)(C)CNC(=O)N[C@H](C)CCO)C1. The van der Waals surface area contributed by atoms with Crippen molar-refractivity contribution < 1.29 is 9.90 Å². The monoisotopic (exact) mass is 285 g/mol. The van der Waals surface area contributed by atoms with Gasteiger partial charge >= 0.3 is 6.03 Å².